The summed E-state index contributed by atoms with van der Waals surface area (Å²) in [5.74, 6) is 0. The summed E-state index contributed by atoms with van der Waals surface area (Å²) < 4.78 is 29.1. The first-order valence-electron chi connectivity index (χ1n) is 8.20. The molecule has 0 atom stereocenters. The van der Waals surface area contributed by atoms with E-state index < -0.39 is 10.0 Å². The standard InChI is InChI=1S/C18H19N3O2S/c22-24(23,20-11-4-1-5-12-20)17-9-6-8-16(13-17)21-18-10-3-2-7-15(18)14-19-21/h2-3,6-10,13-14H,1,4-5,11-12H2. The van der Waals surface area contributed by atoms with Crippen LogP contribution >= 0.6 is 0 Å². The number of para-hydroxylation sites is 1. The van der Waals surface area contributed by atoms with Crippen LogP contribution in [-0.2, 0) is 10.0 Å². The van der Waals surface area contributed by atoms with Crippen LogP contribution in [-0.4, -0.2) is 35.6 Å². The molecule has 1 aromatic heterocycles. The summed E-state index contributed by atoms with van der Waals surface area (Å²) in [4.78, 5) is 0.335. The van der Waals surface area contributed by atoms with E-state index in [0.717, 1.165) is 35.9 Å². The minimum Gasteiger partial charge on any atom is -0.233 e. The van der Waals surface area contributed by atoms with Crippen molar-refractivity contribution in [2.45, 2.75) is 24.2 Å². The Morgan fingerprint density at radius 1 is 0.917 bits per heavy atom. The fourth-order valence-electron chi connectivity index (χ4n) is 3.21. The van der Waals surface area contributed by atoms with Crippen molar-refractivity contribution in [1.82, 2.24) is 14.1 Å². The highest BCUT2D eigenvalue weighted by Crippen LogP contribution is 2.24. The van der Waals surface area contributed by atoms with Crippen LogP contribution < -0.4 is 0 Å². The number of piperidine rings is 1. The van der Waals surface area contributed by atoms with Crippen molar-refractivity contribution in [2.75, 3.05) is 13.1 Å². The molecule has 1 fully saturated rings. The molecule has 0 unspecified atom stereocenters. The molecule has 1 aliphatic rings. The summed E-state index contributed by atoms with van der Waals surface area (Å²) >= 11 is 0. The van der Waals surface area contributed by atoms with Crippen LogP contribution in [0.25, 0.3) is 16.6 Å². The lowest BCUT2D eigenvalue weighted by atomic mass is 10.2. The van der Waals surface area contributed by atoms with Gasteiger partial charge in [0.1, 0.15) is 0 Å². The lowest BCUT2D eigenvalue weighted by Gasteiger charge is -2.26. The van der Waals surface area contributed by atoms with Crippen LogP contribution in [0.4, 0.5) is 0 Å². The molecule has 0 aliphatic carbocycles. The number of aromatic nitrogens is 2. The van der Waals surface area contributed by atoms with E-state index in [4.69, 9.17) is 0 Å². The highest BCUT2D eigenvalue weighted by molar-refractivity contribution is 7.89. The molecule has 2 heterocycles. The summed E-state index contributed by atoms with van der Waals surface area (Å²) in [7, 11) is -3.44. The zero-order valence-electron chi connectivity index (χ0n) is 13.3. The Morgan fingerprint density at radius 3 is 2.54 bits per heavy atom. The van der Waals surface area contributed by atoms with Gasteiger partial charge in [-0.3, -0.25) is 0 Å². The molecule has 1 aliphatic heterocycles. The van der Waals surface area contributed by atoms with Gasteiger partial charge in [-0.2, -0.15) is 9.40 Å². The lowest BCUT2D eigenvalue weighted by molar-refractivity contribution is 0.346. The van der Waals surface area contributed by atoms with Crippen LogP contribution in [0, 0.1) is 0 Å². The summed E-state index contributed by atoms with van der Waals surface area (Å²) in [5.41, 5.74) is 1.72. The third kappa shape index (κ3) is 2.61. The van der Waals surface area contributed by atoms with Gasteiger partial charge in [-0.05, 0) is 37.1 Å². The normalized spacial score (nSPS) is 16.5. The molecule has 124 valence electrons. The Morgan fingerprint density at radius 2 is 1.71 bits per heavy atom. The van der Waals surface area contributed by atoms with Gasteiger partial charge in [0, 0.05) is 18.5 Å². The van der Waals surface area contributed by atoms with E-state index >= 15 is 0 Å². The van der Waals surface area contributed by atoms with Crippen molar-refractivity contribution in [1.29, 1.82) is 0 Å². The Kier molecular flexibility index (Phi) is 3.86. The average molecular weight is 341 g/mol. The molecule has 0 N–H and O–H groups in total. The van der Waals surface area contributed by atoms with E-state index in [9.17, 15) is 8.42 Å². The molecule has 2 aromatic carbocycles. The van der Waals surface area contributed by atoms with Gasteiger partial charge >= 0.3 is 0 Å². The van der Waals surface area contributed by atoms with Gasteiger partial charge in [-0.25, -0.2) is 13.1 Å². The van der Waals surface area contributed by atoms with Crippen LogP contribution in [0.2, 0.25) is 0 Å². The Bertz CT molecular complexity index is 973. The van der Waals surface area contributed by atoms with Gasteiger partial charge in [-0.1, -0.05) is 30.7 Å². The van der Waals surface area contributed by atoms with Crippen molar-refractivity contribution in [3.63, 3.8) is 0 Å². The molecular formula is C18H19N3O2S. The molecule has 1 saturated heterocycles. The predicted octanol–water partition coefficient (Wildman–Crippen LogP) is 3.20. The van der Waals surface area contributed by atoms with Gasteiger partial charge in [0.15, 0.2) is 0 Å². The number of nitrogens with zero attached hydrogens (tertiary/aromatic N) is 3. The van der Waals surface area contributed by atoms with Gasteiger partial charge < -0.3 is 0 Å². The first-order chi connectivity index (χ1) is 11.7. The number of hydrogen-bond acceptors (Lipinski definition) is 3. The van der Waals surface area contributed by atoms with Gasteiger partial charge in [0.25, 0.3) is 0 Å². The van der Waals surface area contributed by atoms with Crippen molar-refractivity contribution < 1.29 is 8.42 Å². The maximum atomic E-state index is 12.9. The van der Waals surface area contributed by atoms with E-state index in [-0.39, 0.29) is 0 Å². The van der Waals surface area contributed by atoms with E-state index in [0.29, 0.717) is 18.0 Å². The number of benzene rings is 2. The Hall–Kier alpha value is -2.18. The number of fused-ring (bicyclic) bond motifs is 1. The third-order valence-electron chi connectivity index (χ3n) is 4.49. The summed E-state index contributed by atoms with van der Waals surface area (Å²) in [6, 6.07) is 14.9. The highest BCUT2D eigenvalue weighted by atomic mass is 32.2. The molecule has 0 radical (unpaired) electrons. The zero-order chi connectivity index (χ0) is 16.6. The first-order valence-corrected chi connectivity index (χ1v) is 9.64. The van der Waals surface area contributed by atoms with E-state index in [1.165, 1.54) is 0 Å². The second-order valence-corrected chi connectivity index (χ2v) is 8.02. The monoisotopic (exact) mass is 341 g/mol. The topological polar surface area (TPSA) is 55.2 Å². The Balaban J connectivity index is 1.76. The fraction of sp³-hybridized carbons (Fsp3) is 0.278. The second kappa shape index (κ2) is 6.03. The summed E-state index contributed by atoms with van der Waals surface area (Å²) in [6.45, 7) is 1.22. The van der Waals surface area contributed by atoms with Crippen molar-refractivity contribution in [3.8, 4) is 5.69 Å². The van der Waals surface area contributed by atoms with Crippen molar-refractivity contribution in [2.24, 2.45) is 0 Å². The van der Waals surface area contributed by atoms with Gasteiger partial charge in [0.2, 0.25) is 10.0 Å². The van der Waals surface area contributed by atoms with E-state index in [1.807, 2.05) is 30.3 Å². The summed E-state index contributed by atoms with van der Waals surface area (Å²) in [6.07, 6.45) is 4.76. The molecule has 4 rings (SSSR count). The maximum Gasteiger partial charge on any atom is 0.243 e. The molecule has 0 spiro atoms. The van der Waals surface area contributed by atoms with E-state index in [2.05, 4.69) is 5.10 Å². The number of rotatable bonds is 3. The smallest absolute Gasteiger partial charge is 0.233 e. The predicted molar refractivity (Wildman–Crippen MR) is 93.7 cm³/mol. The molecule has 0 amide bonds. The minimum atomic E-state index is -3.44. The molecular weight excluding hydrogens is 322 g/mol. The number of sulfonamides is 1. The van der Waals surface area contributed by atoms with Crippen LogP contribution in [0.15, 0.2) is 59.6 Å². The van der Waals surface area contributed by atoms with Gasteiger partial charge in [-0.15, -0.1) is 0 Å². The molecule has 24 heavy (non-hydrogen) atoms. The molecule has 6 heteroatoms. The van der Waals surface area contributed by atoms with Crippen LogP contribution in [0.5, 0.6) is 0 Å². The Labute approximate surface area is 141 Å². The quantitative estimate of drug-likeness (QED) is 0.735. The average Bonchev–Trinajstić information content (AvgIpc) is 3.07. The maximum absolute atomic E-state index is 12.9. The molecule has 5 nitrogen and oxygen atoms in total. The second-order valence-electron chi connectivity index (χ2n) is 6.08. The van der Waals surface area contributed by atoms with Crippen molar-refractivity contribution in [3.05, 3.63) is 54.7 Å². The SMILES string of the molecule is O=S(=O)(c1cccc(-n2ncc3ccccc32)c1)N1CCCCC1. The van der Waals surface area contributed by atoms with Crippen LogP contribution in [0.1, 0.15) is 19.3 Å². The van der Waals surface area contributed by atoms with Crippen LogP contribution in [0.3, 0.4) is 0 Å². The van der Waals surface area contributed by atoms with E-state index in [1.54, 1.807) is 33.4 Å². The molecule has 3 aromatic rings. The lowest BCUT2D eigenvalue weighted by Crippen LogP contribution is -2.35. The van der Waals surface area contributed by atoms with Gasteiger partial charge in [0.05, 0.1) is 22.3 Å². The third-order valence-corrected chi connectivity index (χ3v) is 6.39. The summed E-state index contributed by atoms with van der Waals surface area (Å²) in [5, 5.41) is 5.44. The zero-order valence-corrected chi connectivity index (χ0v) is 14.1. The largest absolute Gasteiger partial charge is 0.243 e. The number of hydrogen-bond donors (Lipinski definition) is 0. The first kappa shape index (κ1) is 15.4. The van der Waals surface area contributed by atoms with Crippen molar-refractivity contribution >= 4 is 20.9 Å². The highest BCUT2D eigenvalue weighted by Gasteiger charge is 2.26. The molecule has 0 bridgehead atoms. The fourth-order valence-corrected chi connectivity index (χ4v) is 4.76. The molecule has 0 saturated carbocycles. The minimum absolute atomic E-state index is 0.335.